The molecule has 0 radical (unpaired) electrons. The summed E-state index contributed by atoms with van der Waals surface area (Å²) in [5.41, 5.74) is 1.13. The summed E-state index contributed by atoms with van der Waals surface area (Å²) in [4.78, 5) is 4.28. The third-order valence-corrected chi connectivity index (χ3v) is 3.56. The van der Waals surface area contributed by atoms with Crippen molar-refractivity contribution in [3.05, 3.63) is 23.9 Å². The van der Waals surface area contributed by atoms with E-state index in [9.17, 15) is 0 Å². The summed E-state index contributed by atoms with van der Waals surface area (Å²) in [5, 5.41) is 3.41. The molecule has 1 unspecified atom stereocenters. The molecule has 1 saturated carbocycles. The first kappa shape index (κ1) is 9.16. The molecule has 1 aromatic rings. The van der Waals surface area contributed by atoms with E-state index in [1.54, 1.807) is 6.20 Å². The number of hydrogen-bond donors (Lipinski definition) is 1. The summed E-state index contributed by atoms with van der Waals surface area (Å²) in [7, 11) is 0. The van der Waals surface area contributed by atoms with Crippen molar-refractivity contribution in [2.75, 3.05) is 13.1 Å². The number of ether oxygens (including phenoxy) is 1. The summed E-state index contributed by atoms with van der Waals surface area (Å²) in [6.45, 7) is 4.26. The highest BCUT2D eigenvalue weighted by molar-refractivity contribution is 5.24. The molecule has 0 aromatic carbocycles. The van der Waals surface area contributed by atoms with Gasteiger partial charge in [-0.2, -0.15) is 0 Å². The third kappa shape index (κ3) is 1.51. The van der Waals surface area contributed by atoms with E-state index in [0.29, 0.717) is 17.9 Å². The fourth-order valence-electron chi connectivity index (χ4n) is 2.62. The van der Waals surface area contributed by atoms with E-state index in [2.05, 4.69) is 23.3 Å². The van der Waals surface area contributed by atoms with Gasteiger partial charge in [-0.15, -0.1) is 0 Å². The Kier molecular flexibility index (Phi) is 2.13. The van der Waals surface area contributed by atoms with Crippen LogP contribution in [0.3, 0.4) is 0 Å². The Morgan fingerprint density at radius 3 is 2.87 bits per heavy atom. The number of fused-ring (bicyclic) bond motifs is 2. The summed E-state index contributed by atoms with van der Waals surface area (Å²) < 4.78 is 6.00. The highest BCUT2D eigenvalue weighted by Crippen LogP contribution is 2.39. The summed E-state index contributed by atoms with van der Waals surface area (Å²) in [6, 6.07) is 4.00. The van der Waals surface area contributed by atoms with Crippen molar-refractivity contribution in [2.45, 2.75) is 19.4 Å². The number of aryl methyl sites for hydroxylation is 1. The lowest BCUT2D eigenvalue weighted by molar-refractivity contribution is -0.0473. The van der Waals surface area contributed by atoms with E-state index < -0.39 is 0 Å². The predicted octanol–water partition coefficient (Wildman–Crippen LogP) is 1.38. The molecule has 1 N–H and O–H groups in total. The van der Waals surface area contributed by atoms with Crippen molar-refractivity contribution < 1.29 is 4.74 Å². The average molecular weight is 204 g/mol. The second-order valence-electron chi connectivity index (χ2n) is 4.62. The zero-order valence-corrected chi connectivity index (χ0v) is 8.94. The van der Waals surface area contributed by atoms with Crippen molar-refractivity contribution in [3.8, 4) is 5.88 Å². The van der Waals surface area contributed by atoms with Crippen LogP contribution in [0.4, 0.5) is 0 Å². The van der Waals surface area contributed by atoms with Crippen LogP contribution in [0.15, 0.2) is 18.3 Å². The van der Waals surface area contributed by atoms with E-state index in [4.69, 9.17) is 4.74 Å². The third-order valence-electron chi connectivity index (χ3n) is 3.56. The van der Waals surface area contributed by atoms with E-state index >= 15 is 0 Å². The first-order valence-corrected chi connectivity index (χ1v) is 5.63. The lowest BCUT2D eigenvalue weighted by Gasteiger charge is -2.48. The highest BCUT2D eigenvalue weighted by Gasteiger charge is 2.45. The maximum atomic E-state index is 6.00. The van der Waals surface area contributed by atoms with Gasteiger partial charge in [0.25, 0.3) is 0 Å². The molecule has 1 aromatic heterocycles. The highest BCUT2D eigenvalue weighted by atomic mass is 16.5. The minimum absolute atomic E-state index is 0.403. The molecular weight excluding hydrogens is 188 g/mol. The van der Waals surface area contributed by atoms with E-state index in [1.165, 1.54) is 6.42 Å². The maximum absolute atomic E-state index is 6.00. The van der Waals surface area contributed by atoms with Gasteiger partial charge in [-0.1, -0.05) is 6.07 Å². The molecule has 0 amide bonds. The minimum atomic E-state index is 0.403. The van der Waals surface area contributed by atoms with Crippen LogP contribution in [0.25, 0.3) is 0 Å². The lowest BCUT2D eigenvalue weighted by Crippen LogP contribution is -2.59. The van der Waals surface area contributed by atoms with Crippen LogP contribution in [0.1, 0.15) is 12.0 Å². The van der Waals surface area contributed by atoms with Crippen molar-refractivity contribution >= 4 is 0 Å². The molecule has 3 heteroatoms. The lowest BCUT2D eigenvalue weighted by atomic mass is 9.69. The van der Waals surface area contributed by atoms with Crippen molar-refractivity contribution in [3.63, 3.8) is 0 Å². The molecule has 2 heterocycles. The number of aromatic nitrogens is 1. The molecule has 3 nitrogen and oxygen atoms in total. The Labute approximate surface area is 89.9 Å². The number of piperidine rings is 2. The molecule has 3 rings (SSSR count). The van der Waals surface area contributed by atoms with Crippen molar-refractivity contribution in [1.82, 2.24) is 10.3 Å². The van der Waals surface area contributed by atoms with E-state index in [1.807, 2.05) is 6.07 Å². The molecule has 15 heavy (non-hydrogen) atoms. The molecular formula is C12H16N2O. The average Bonchev–Trinajstić information content (AvgIpc) is 2.29. The van der Waals surface area contributed by atoms with Gasteiger partial charge in [0, 0.05) is 36.7 Å². The SMILES string of the molecule is Cc1cccnc1OC1[C@@H]2CNC[C@H]1C2. The van der Waals surface area contributed by atoms with Gasteiger partial charge in [0.1, 0.15) is 6.10 Å². The van der Waals surface area contributed by atoms with E-state index in [-0.39, 0.29) is 0 Å². The normalized spacial score (nSPS) is 33.3. The van der Waals surface area contributed by atoms with Crippen LogP contribution in [0.5, 0.6) is 5.88 Å². The second-order valence-corrected chi connectivity index (χ2v) is 4.62. The van der Waals surface area contributed by atoms with Crippen LogP contribution in [-0.4, -0.2) is 24.2 Å². The molecule has 1 aliphatic carbocycles. The van der Waals surface area contributed by atoms with Crippen molar-refractivity contribution in [2.24, 2.45) is 11.8 Å². The molecule has 2 bridgehead atoms. The zero-order valence-electron chi connectivity index (χ0n) is 8.94. The smallest absolute Gasteiger partial charge is 0.216 e. The number of rotatable bonds is 2. The minimum Gasteiger partial charge on any atom is -0.473 e. The van der Waals surface area contributed by atoms with Crippen LogP contribution in [-0.2, 0) is 0 Å². The number of nitrogens with one attached hydrogen (secondary N) is 1. The molecule has 1 aliphatic heterocycles. The Morgan fingerprint density at radius 2 is 2.20 bits per heavy atom. The van der Waals surface area contributed by atoms with Gasteiger partial charge in [0.2, 0.25) is 5.88 Å². The fourth-order valence-corrected chi connectivity index (χ4v) is 2.62. The van der Waals surface area contributed by atoms with Gasteiger partial charge in [-0.05, 0) is 19.4 Å². The largest absolute Gasteiger partial charge is 0.473 e. The molecule has 2 aliphatic rings. The summed E-state index contributed by atoms with van der Waals surface area (Å²) in [5.74, 6) is 2.22. The van der Waals surface area contributed by atoms with Gasteiger partial charge in [-0.3, -0.25) is 0 Å². The Morgan fingerprint density at radius 1 is 1.40 bits per heavy atom. The molecule has 3 atom stereocenters. The van der Waals surface area contributed by atoms with Gasteiger partial charge in [-0.25, -0.2) is 4.98 Å². The number of nitrogens with zero attached hydrogens (tertiary/aromatic N) is 1. The zero-order chi connectivity index (χ0) is 10.3. The predicted molar refractivity (Wildman–Crippen MR) is 57.9 cm³/mol. The van der Waals surface area contributed by atoms with Gasteiger partial charge >= 0.3 is 0 Å². The second kappa shape index (κ2) is 3.49. The van der Waals surface area contributed by atoms with E-state index in [0.717, 1.165) is 24.5 Å². The maximum Gasteiger partial charge on any atom is 0.216 e. The number of hydrogen-bond acceptors (Lipinski definition) is 3. The summed E-state index contributed by atoms with van der Waals surface area (Å²) >= 11 is 0. The quantitative estimate of drug-likeness (QED) is 0.790. The fraction of sp³-hybridized carbons (Fsp3) is 0.583. The van der Waals surface area contributed by atoms with Gasteiger partial charge in [0.15, 0.2) is 0 Å². The van der Waals surface area contributed by atoms with Crippen LogP contribution >= 0.6 is 0 Å². The van der Waals surface area contributed by atoms with Gasteiger partial charge < -0.3 is 10.1 Å². The molecule has 0 spiro atoms. The Bertz CT molecular complexity index is 352. The number of pyridine rings is 1. The standard InChI is InChI=1S/C12H16N2O/c1-8-3-2-4-14-12(8)15-11-9-5-10(11)7-13-6-9/h2-4,9-11,13H,5-7H2,1H3/t9-,10+,11?. The molecule has 1 saturated heterocycles. The molecule has 80 valence electrons. The molecule has 2 fully saturated rings. The van der Waals surface area contributed by atoms with Crippen LogP contribution < -0.4 is 10.1 Å². The monoisotopic (exact) mass is 204 g/mol. The van der Waals surface area contributed by atoms with Gasteiger partial charge in [0.05, 0.1) is 0 Å². The van der Waals surface area contributed by atoms with Crippen LogP contribution in [0, 0.1) is 18.8 Å². The van der Waals surface area contributed by atoms with Crippen LogP contribution in [0.2, 0.25) is 0 Å². The first-order chi connectivity index (χ1) is 7.34. The van der Waals surface area contributed by atoms with Crippen molar-refractivity contribution in [1.29, 1.82) is 0 Å². The topological polar surface area (TPSA) is 34.1 Å². The summed E-state index contributed by atoms with van der Waals surface area (Å²) in [6.07, 6.45) is 3.53. The first-order valence-electron chi connectivity index (χ1n) is 5.63. The Hall–Kier alpha value is -1.09. The Balaban J connectivity index is 1.73.